The number of benzene rings is 2. The summed E-state index contributed by atoms with van der Waals surface area (Å²) in [5.74, 6) is 0.481. The average molecular weight is 363 g/mol. The number of aryl methyl sites for hydroxylation is 1. The van der Waals surface area contributed by atoms with E-state index in [0.717, 1.165) is 15.8 Å². The Hall–Kier alpha value is -2.31. The third-order valence-corrected chi connectivity index (χ3v) is 4.67. The van der Waals surface area contributed by atoms with Crippen LogP contribution in [0.3, 0.4) is 0 Å². The lowest BCUT2D eigenvalue weighted by Gasteiger charge is -2.11. The first-order valence-electron chi connectivity index (χ1n) is 7.12. The lowest BCUT2D eigenvalue weighted by molar-refractivity contribution is 0.102. The monoisotopic (exact) mass is 362 g/mol. The van der Waals surface area contributed by atoms with Gasteiger partial charge in [-0.25, -0.2) is 4.98 Å². The largest absolute Gasteiger partial charge is 0.493 e. The van der Waals surface area contributed by atoms with Crippen LogP contribution in [-0.2, 0) is 0 Å². The highest BCUT2D eigenvalue weighted by Gasteiger charge is 2.16. The standard InChI is InChI=1S/C17H15ClN2O3S/c1-9-4-5-12-14(6-9)24-17(19-12)20-16(21)10-7-11(18)15(23-3)13(8-10)22-2/h4-8H,1-3H3,(H,19,20,21). The van der Waals surface area contributed by atoms with Gasteiger partial charge < -0.3 is 9.47 Å². The van der Waals surface area contributed by atoms with Gasteiger partial charge in [0.25, 0.3) is 5.91 Å². The first kappa shape index (κ1) is 16.5. The molecular formula is C17H15ClN2O3S. The van der Waals surface area contributed by atoms with Crippen LogP contribution in [0.5, 0.6) is 11.5 Å². The Morgan fingerprint density at radius 3 is 2.71 bits per heavy atom. The minimum atomic E-state index is -0.311. The fourth-order valence-corrected chi connectivity index (χ4v) is 3.55. The molecule has 0 aliphatic carbocycles. The van der Waals surface area contributed by atoms with Crippen molar-refractivity contribution in [2.45, 2.75) is 6.92 Å². The van der Waals surface area contributed by atoms with Crippen molar-refractivity contribution in [3.8, 4) is 11.5 Å². The van der Waals surface area contributed by atoms with Gasteiger partial charge in [0.05, 0.1) is 29.5 Å². The van der Waals surface area contributed by atoms with E-state index < -0.39 is 0 Å². The van der Waals surface area contributed by atoms with E-state index >= 15 is 0 Å². The number of anilines is 1. The number of carbonyl (C=O) groups excluding carboxylic acids is 1. The molecule has 0 radical (unpaired) electrons. The summed E-state index contributed by atoms with van der Waals surface area (Å²) in [5.41, 5.74) is 2.37. The fraction of sp³-hybridized carbons (Fsp3) is 0.176. The number of halogens is 1. The fourth-order valence-electron chi connectivity index (χ4n) is 2.30. The molecule has 0 unspecified atom stereocenters. The van der Waals surface area contributed by atoms with E-state index in [9.17, 15) is 4.79 Å². The zero-order chi connectivity index (χ0) is 17.3. The Bertz CT molecular complexity index is 924. The quantitative estimate of drug-likeness (QED) is 0.740. The number of hydrogen-bond donors (Lipinski definition) is 1. The van der Waals surface area contributed by atoms with Gasteiger partial charge in [0, 0.05) is 5.56 Å². The SMILES string of the molecule is COc1cc(C(=O)Nc2nc3ccc(C)cc3s2)cc(Cl)c1OC. The van der Waals surface area contributed by atoms with Crippen LogP contribution in [0.15, 0.2) is 30.3 Å². The molecule has 3 rings (SSSR count). The molecule has 0 aliphatic rings. The average Bonchev–Trinajstić information content (AvgIpc) is 2.95. The summed E-state index contributed by atoms with van der Waals surface area (Å²) in [5, 5.41) is 3.64. The Balaban J connectivity index is 1.89. The van der Waals surface area contributed by atoms with Crippen LogP contribution in [0.2, 0.25) is 5.02 Å². The van der Waals surface area contributed by atoms with Gasteiger partial charge in [-0.15, -0.1) is 0 Å². The third kappa shape index (κ3) is 3.16. The first-order chi connectivity index (χ1) is 11.5. The summed E-state index contributed by atoms with van der Waals surface area (Å²) < 4.78 is 11.4. The van der Waals surface area contributed by atoms with Crippen LogP contribution >= 0.6 is 22.9 Å². The number of amides is 1. The van der Waals surface area contributed by atoms with Crippen LogP contribution in [0, 0.1) is 6.92 Å². The van der Waals surface area contributed by atoms with Gasteiger partial charge in [-0.3, -0.25) is 10.1 Å². The number of thiazole rings is 1. The van der Waals surface area contributed by atoms with E-state index in [1.54, 1.807) is 6.07 Å². The topological polar surface area (TPSA) is 60.5 Å². The summed E-state index contributed by atoms with van der Waals surface area (Å²) in [6, 6.07) is 9.08. The molecule has 124 valence electrons. The maximum atomic E-state index is 12.5. The predicted molar refractivity (Wildman–Crippen MR) is 96.9 cm³/mol. The maximum absolute atomic E-state index is 12.5. The van der Waals surface area contributed by atoms with E-state index in [-0.39, 0.29) is 5.91 Å². The molecule has 1 amide bonds. The van der Waals surface area contributed by atoms with Crippen molar-refractivity contribution in [2.24, 2.45) is 0 Å². The highest BCUT2D eigenvalue weighted by Crippen LogP contribution is 2.36. The van der Waals surface area contributed by atoms with Gasteiger partial charge >= 0.3 is 0 Å². The van der Waals surface area contributed by atoms with Crippen molar-refractivity contribution in [3.05, 3.63) is 46.5 Å². The molecule has 0 saturated heterocycles. The summed E-state index contributed by atoms with van der Waals surface area (Å²) in [6.07, 6.45) is 0. The van der Waals surface area contributed by atoms with Crippen LogP contribution in [0.4, 0.5) is 5.13 Å². The van der Waals surface area contributed by atoms with Gasteiger partial charge in [-0.1, -0.05) is 29.0 Å². The Labute approximate surface area is 148 Å². The highest BCUT2D eigenvalue weighted by atomic mass is 35.5. The second-order valence-electron chi connectivity index (χ2n) is 5.14. The van der Waals surface area contributed by atoms with Gasteiger partial charge in [-0.2, -0.15) is 0 Å². The number of nitrogens with zero attached hydrogens (tertiary/aromatic N) is 1. The van der Waals surface area contributed by atoms with Crippen LogP contribution in [0.25, 0.3) is 10.2 Å². The molecule has 7 heteroatoms. The molecule has 1 N–H and O–H groups in total. The lowest BCUT2D eigenvalue weighted by atomic mass is 10.2. The molecule has 5 nitrogen and oxygen atoms in total. The van der Waals surface area contributed by atoms with Crippen LogP contribution in [-0.4, -0.2) is 25.1 Å². The second kappa shape index (κ2) is 6.67. The minimum Gasteiger partial charge on any atom is -0.493 e. The minimum absolute atomic E-state index is 0.307. The second-order valence-corrected chi connectivity index (χ2v) is 6.58. The molecule has 3 aromatic rings. The number of nitrogens with one attached hydrogen (secondary N) is 1. The van der Waals surface area contributed by atoms with E-state index in [1.165, 1.54) is 31.6 Å². The van der Waals surface area contributed by atoms with Crippen molar-refractivity contribution in [3.63, 3.8) is 0 Å². The molecule has 0 fully saturated rings. The maximum Gasteiger partial charge on any atom is 0.257 e. The van der Waals surface area contributed by atoms with Gasteiger partial charge in [0.1, 0.15) is 0 Å². The van der Waals surface area contributed by atoms with E-state index in [2.05, 4.69) is 10.3 Å². The van der Waals surface area contributed by atoms with Gasteiger partial charge in [-0.05, 0) is 36.8 Å². The van der Waals surface area contributed by atoms with Crippen LogP contribution < -0.4 is 14.8 Å². The number of fused-ring (bicyclic) bond motifs is 1. The number of rotatable bonds is 4. The van der Waals surface area contributed by atoms with E-state index in [0.29, 0.717) is 27.2 Å². The summed E-state index contributed by atoms with van der Waals surface area (Å²) in [6.45, 7) is 2.02. The van der Waals surface area contributed by atoms with Gasteiger partial charge in [0.15, 0.2) is 16.6 Å². The molecule has 24 heavy (non-hydrogen) atoms. The smallest absolute Gasteiger partial charge is 0.257 e. The molecule has 0 spiro atoms. The Morgan fingerprint density at radius 1 is 1.21 bits per heavy atom. The van der Waals surface area contributed by atoms with Crippen molar-refractivity contribution in [1.82, 2.24) is 4.98 Å². The number of carbonyl (C=O) groups is 1. The molecule has 0 bridgehead atoms. The first-order valence-corrected chi connectivity index (χ1v) is 8.31. The van der Waals surface area contributed by atoms with Crippen molar-refractivity contribution < 1.29 is 14.3 Å². The lowest BCUT2D eigenvalue weighted by Crippen LogP contribution is -2.12. The Kier molecular flexibility index (Phi) is 4.59. The zero-order valence-electron chi connectivity index (χ0n) is 13.3. The van der Waals surface area contributed by atoms with Crippen molar-refractivity contribution in [1.29, 1.82) is 0 Å². The molecule has 0 atom stereocenters. The number of aromatic nitrogens is 1. The number of hydrogen-bond acceptors (Lipinski definition) is 5. The van der Waals surface area contributed by atoms with Gasteiger partial charge in [0.2, 0.25) is 0 Å². The summed E-state index contributed by atoms with van der Waals surface area (Å²) in [4.78, 5) is 16.9. The normalized spacial score (nSPS) is 10.7. The molecule has 1 aromatic heterocycles. The molecule has 2 aromatic carbocycles. The van der Waals surface area contributed by atoms with Crippen molar-refractivity contribution in [2.75, 3.05) is 19.5 Å². The summed E-state index contributed by atoms with van der Waals surface area (Å²) in [7, 11) is 2.98. The zero-order valence-corrected chi connectivity index (χ0v) is 14.9. The Morgan fingerprint density at radius 2 is 2.00 bits per heavy atom. The third-order valence-electron chi connectivity index (χ3n) is 3.46. The number of methoxy groups -OCH3 is 2. The summed E-state index contributed by atoms with van der Waals surface area (Å²) >= 11 is 7.57. The molecular weight excluding hydrogens is 348 g/mol. The number of ether oxygens (including phenoxy) is 2. The predicted octanol–water partition coefficient (Wildman–Crippen LogP) is 4.53. The van der Waals surface area contributed by atoms with E-state index in [1.807, 2.05) is 25.1 Å². The van der Waals surface area contributed by atoms with Crippen LogP contribution in [0.1, 0.15) is 15.9 Å². The molecule has 0 saturated carbocycles. The molecule has 1 heterocycles. The van der Waals surface area contributed by atoms with Crippen molar-refractivity contribution >= 4 is 44.2 Å². The highest BCUT2D eigenvalue weighted by molar-refractivity contribution is 7.22. The van der Waals surface area contributed by atoms with E-state index in [4.69, 9.17) is 21.1 Å². The molecule has 0 aliphatic heterocycles.